The molecule has 23 heavy (non-hydrogen) atoms. The van der Waals surface area contributed by atoms with Crippen LogP contribution in [-0.2, 0) is 3.74 Å². The Labute approximate surface area is 151 Å². The van der Waals surface area contributed by atoms with Crippen LogP contribution in [0.25, 0.3) is 0 Å². The van der Waals surface area contributed by atoms with Crippen molar-refractivity contribution in [3.8, 4) is 5.75 Å². The first-order valence-electron chi connectivity index (χ1n) is 6.62. The number of rotatable bonds is 6. The Kier molecular flexibility index (Phi) is 6.49. The fourth-order valence-corrected chi connectivity index (χ4v) is 5.64. The van der Waals surface area contributed by atoms with Crippen molar-refractivity contribution in [1.29, 1.82) is 0 Å². The summed E-state index contributed by atoms with van der Waals surface area (Å²) in [6.07, 6.45) is -1.10. The van der Waals surface area contributed by atoms with Gasteiger partial charge in [-0.05, 0) is 0 Å². The van der Waals surface area contributed by atoms with Crippen LogP contribution < -0.4 is 9.09 Å². The number of hydrogen-bond acceptors (Lipinski definition) is 3. The number of benzene rings is 2. The van der Waals surface area contributed by atoms with Crippen molar-refractivity contribution in [3.63, 3.8) is 0 Å². The van der Waals surface area contributed by atoms with Crippen molar-refractivity contribution in [1.82, 2.24) is 0 Å². The van der Waals surface area contributed by atoms with E-state index in [1.165, 1.54) is 30.3 Å². The van der Waals surface area contributed by atoms with Gasteiger partial charge < -0.3 is 0 Å². The zero-order valence-electron chi connectivity index (χ0n) is 11.8. The van der Waals surface area contributed by atoms with Crippen LogP contribution in [0.4, 0.5) is 0 Å². The van der Waals surface area contributed by atoms with Crippen LogP contribution in [-0.4, -0.2) is 35.7 Å². The SMILES string of the molecule is O=[As](O)(CC(O)COc1ccc(Cl)cc1Cl)c1ccc(Cl)cc1. The molecule has 2 atom stereocenters. The third kappa shape index (κ3) is 5.46. The molecule has 0 saturated heterocycles. The maximum atomic E-state index is 12.4. The standard InChI is InChI=1S/C15H14AsCl3O4/c17-11-3-1-10(2-4-11)16(21,22)8-13(20)9-23-15-6-5-12(18)7-14(15)19/h1-7,13,20H,8-9H2,(H,21,22). The van der Waals surface area contributed by atoms with Crippen molar-refractivity contribution in [3.05, 3.63) is 57.5 Å². The van der Waals surface area contributed by atoms with Gasteiger partial charge in [0.2, 0.25) is 0 Å². The van der Waals surface area contributed by atoms with Gasteiger partial charge in [0.15, 0.2) is 0 Å². The molecule has 2 N–H and O–H groups in total. The Balaban J connectivity index is 1.97. The molecule has 124 valence electrons. The van der Waals surface area contributed by atoms with E-state index in [-0.39, 0.29) is 16.2 Å². The van der Waals surface area contributed by atoms with E-state index in [0.29, 0.717) is 20.8 Å². The molecule has 2 rings (SSSR count). The number of hydrogen-bond donors (Lipinski definition) is 2. The molecular weight excluding hydrogens is 425 g/mol. The van der Waals surface area contributed by atoms with Gasteiger partial charge in [-0.3, -0.25) is 0 Å². The molecule has 8 heteroatoms. The second-order valence-corrected chi connectivity index (χ2v) is 11.0. The molecule has 0 heterocycles. The predicted octanol–water partition coefficient (Wildman–Crippen LogP) is 3.16. The Bertz CT molecular complexity index is 721. The van der Waals surface area contributed by atoms with E-state index in [0.717, 1.165) is 0 Å². The van der Waals surface area contributed by atoms with E-state index in [4.69, 9.17) is 39.5 Å². The first-order valence-corrected chi connectivity index (χ1v) is 11.6. The molecular formula is C15H14AsCl3O4. The quantitative estimate of drug-likeness (QED) is 0.679. The summed E-state index contributed by atoms with van der Waals surface area (Å²) in [5.74, 6) is 0.349. The van der Waals surface area contributed by atoms with Crippen LogP contribution in [0.1, 0.15) is 0 Å². The topological polar surface area (TPSA) is 66.8 Å². The molecule has 0 radical (unpaired) electrons. The Morgan fingerprint density at radius 3 is 2.26 bits per heavy atom. The predicted molar refractivity (Wildman–Crippen MR) is 92.5 cm³/mol. The van der Waals surface area contributed by atoms with Gasteiger partial charge in [0.05, 0.1) is 0 Å². The van der Waals surface area contributed by atoms with Crippen molar-refractivity contribution in [2.24, 2.45) is 0 Å². The molecule has 0 spiro atoms. The molecule has 4 nitrogen and oxygen atoms in total. The Morgan fingerprint density at radius 1 is 1.04 bits per heavy atom. The molecule has 0 aliphatic heterocycles. The van der Waals surface area contributed by atoms with Gasteiger partial charge in [0.25, 0.3) is 0 Å². The average molecular weight is 440 g/mol. The summed E-state index contributed by atoms with van der Waals surface area (Å²) in [6.45, 7) is -0.152. The van der Waals surface area contributed by atoms with Crippen LogP contribution in [0, 0.1) is 0 Å². The minimum atomic E-state index is -4.39. The average Bonchev–Trinajstić information content (AvgIpc) is 2.46. The number of ether oxygens (including phenoxy) is 1. The summed E-state index contributed by atoms with van der Waals surface area (Å²) >= 11 is 13.1. The van der Waals surface area contributed by atoms with Gasteiger partial charge in [-0.15, -0.1) is 0 Å². The molecule has 2 unspecified atom stereocenters. The minimum absolute atomic E-state index is 0.152. The summed E-state index contributed by atoms with van der Waals surface area (Å²) in [5.41, 5.74) is 0. The van der Waals surface area contributed by atoms with E-state index >= 15 is 0 Å². The fourth-order valence-electron chi connectivity index (χ4n) is 1.90. The van der Waals surface area contributed by atoms with E-state index in [1.807, 2.05) is 0 Å². The van der Waals surface area contributed by atoms with Crippen molar-refractivity contribution >= 4 is 53.0 Å². The molecule has 0 bridgehead atoms. The van der Waals surface area contributed by atoms with Gasteiger partial charge in [0, 0.05) is 0 Å². The zero-order chi connectivity index (χ0) is 17.0. The molecule has 2 aromatic carbocycles. The van der Waals surface area contributed by atoms with E-state index in [1.54, 1.807) is 12.1 Å². The first kappa shape index (κ1) is 18.7. The monoisotopic (exact) mass is 438 g/mol. The Morgan fingerprint density at radius 2 is 1.65 bits per heavy atom. The third-order valence-corrected chi connectivity index (χ3v) is 8.04. The zero-order valence-corrected chi connectivity index (χ0v) is 16.0. The summed E-state index contributed by atoms with van der Waals surface area (Å²) in [7, 11) is 0. The Hall–Kier alpha value is -0.612. The second-order valence-electron chi connectivity index (χ2n) is 4.90. The fraction of sp³-hybridized carbons (Fsp3) is 0.200. The van der Waals surface area contributed by atoms with E-state index in [2.05, 4.69) is 0 Å². The van der Waals surface area contributed by atoms with Crippen molar-refractivity contribution < 1.29 is 17.7 Å². The summed E-state index contributed by atoms with van der Waals surface area (Å²) in [5, 5.41) is 10.9. The third-order valence-electron chi connectivity index (χ3n) is 3.01. The summed E-state index contributed by atoms with van der Waals surface area (Å²) < 4.78 is 28.2. The van der Waals surface area contributed by atoms with Gasteiger partial charge in [-0.25, -0.2) is 0 Å². The molecule has 0 aromatic heterocycles. The molecule has 0 fully saturated rings. The molecule has 0 aliphatic rings. The van der Waals surface area contributed by atoms with Crippen LogP contribution in [0.15, 0.2) is 42.5 Å². The van der Waals surface area contributed by atoms with Crippen molar-refractivity contribution in [2.75, 3.05) is 6.61 Å². The molecule has 0 aliphatic carbocycles. The molecule has 0 saturated carbocycles. The number of aliphatic hydroxyl groups excluding tert-OH is 1. The number of aliphatic hydroxyl groups is 1. The second kappa shape index (κ2) is 7.98. The van der Waals surface area contributed by atoms with Gasteiger partial charge >= 0.3 is 152 Å². The van der Waals surface area contributed by atoms with Crippen LogP contribution in [0.2, 0.25) is 20.3 Å². The molecule has 0 amide bonds. The van der Waals surface area contributed by atoms with Gasteiger partial charge in [-0.1, -0.05) is 0 Å². The molecule has 2 aromatic rings. The van der Waals surface area contributed by atoms with E-state index in [9.17, 15) is 12.9 Å². The summed E-state index contributed by atoms with van der Waals surface area (Å²) in [4.78, 5) is 0. The van der Waals surface area contributed by atoms with Gasteiger partial charge in [-0.2, -0.15) is 0 Å². The van der Waals surface area contributed by atoms with E-state index < -0.39 is 19.9 Å². The van der Waals surface area contributed by atoms with Crippen LogP contribution in [0.3, 0.4) is 0 Å². The van der Waals surface area contributed by atoms with Crippen LogP contribution >= 0.6 is 34.8 Å². The first-order chi connectivity index (χ1) is 10.8. The maximum absolute atomic E-state index is 12.4. The van der Waals surface area contributed by atoms with Crippen LogP contribution in [0.5, 0.6) is 5.75 Å². The normalized spacial score (nSPS) is 15.0. The summed E-state index contributed by atoms with van der Waals surface area (Å²) in [6, 6.07) is 10.7. The van der Waals surface area contributed by atoms with Gasteiger partial charge in [0.1, 0.15) is 0 Å². The number of halogens is 3. The van der Waals surface area contributed by atoms with Crippen molar-refractivity contribution in [2.45, 2.75) is 11.3 Å².